The molecule has 2 aromatic rings. The predicted molar refractivity (Wildman–Crippen MR) is 159 cm³/mol. The van der Waals surface area contributed by atoms with Crippen molar-refractivity contribution in [2.45, 2.75) is 99.8 Å². The molecule has 2 N–H and O–H groups in total. The van der Waals surface area contributed by atoms with E-state index in [9.17, 15) is 22.4 Å². The molecule has 9 nitrogen and oxygen atoms in total. The van der Waals surface area contributed by atoms with Crippen molar-refractivity contribution in [3.8, 4) is 5.75 Å². The van der Waals surface area contributed by atoms with Crippen LogP contribution in [-0.2, 0) is 30.8 Å². The number of benzene rings is 2. The minimum atomic E-state index is -4.15. The van der Waals surface area contributed by atoms with E-state index in [4.69, 9.17) is 9.47 Å². The van der Waals surface area contributed by atoms with E-state index in [0.29, 0.717) is 45.3 Å². The van der Waals surface area contributed by atoms with Crippen molar-refractivity contribution in [1.29, 1.82) is 0 Å². The first-order chi connectivity index (χ1) is 20.6. The van der Waals surface area contributed by atoms with E-state index in [1.54, 1.807) is 6.92 Å². The number of rotatable bonds is 10. The lowest BCUT2D eigenvalue weighted by atomic mass is 9.90. The smallest absolute Gasteiger partial charge is 0.246 e. The molecule has 3 fully saturated rings. The Bertz CT molecular complexity index is 1380. The largest absolute Gasteiger partial charge is 0.490 e. The van der Waals surface area contributed by atoms with Gasteiger partial charge >= 0.3 is 0 Å². The molecule has 1 aliphatic carbocycles. The van der Waals surface area contributed by atoms with Crippen molar-refractivity contribution < 1.29 is 31.9 Å². The van der Waals surface area contributed by atoms with Gasteiger partial charge in [-0.3, -0.25) is 9.59 Å². The van der Waals surface area contributed by atoms with Gasteiger partial charge in [-0.2, -0.15) is 4.31 Å². The lowest BCUT2D eigenvalue weighted by Gasteiger charge is -2.38. The minimum Gasteiger partial charge on any atom is -0.490 e. The number of carbonyl (C=O) groups is 2. The second-order valence-electron chi connectivity index (χ2n) is 12.1. The zero-order valence-corrected chi connectivity index (χ0v) is 25.5. The second-order valence-corrected chi connectivity index (χ2v) is 14.0. The monoisotopic (exact) mass is 615 g/mol. The Balaban J connectivity index is 1.36. The van der Waals surface area contributed by atoms with Gasteiger partial charge in [-0.05, 0) is 94.2 Å². The maximum atomic E-state index is 13.9. The molecule has 234 valence electrons. The van der Waals surface area contributed by atoms with E-state index in [-0.39, 0.29) is 35.9 Å². The Kier molecular flexibility index (Phi) is 10.0. The normalized spacial score (nSPS) is 22.0. The van der Waals surface area contributed by atoms with E-state index >= 15 is 0 Å². The fourth-order valence-corrected chi connectivity index (χ4v) is 7.92. The first kappa shape index (κ1) is 31.4. The van der Waals surface area contributed by atoms with Crippen molar-refractivity contribution >= 4 is 21.8 Å². The summed E-state index contributed by atoms with van der Waals surface area (Å²) >= 11 is 0. The molecule has 3 aliphatic rings. The average Bonchev–Trinajstić information content (AvgIpc) is 3.52. The summed E-state index contributed by atoms with van der Waals surface area (Å²) in [6.45, 7) is 2.90. The van der Waals surface area contributed by atoms with Crippen molar-refractivity contribution in [1.82, 2.24) is 14.9 Å². The lowest BCUT2D eigenvalue weighted by Crippen LogP contribution is -2.63. The molecule has 2 amide bonds. The number of nitrogens with zero attached hydrogens (tertiary/aromatic N) is 1. The van der Waals surface area contributed by atoms with E-state index in [1.165, 1.54) is 31.0 Å². The van der Waals surface area contributed by atoms with Crippen molar-refractivity contribution in [3.05, 3.63) is 59.9 Å². The molecule has 2 aliphatic heterocycles. The first-order valence-electron chi connectivity index (χ1n) is 15.4. The van der Waals surface area contributed by atoms with Gasteiger partial charge in [0.2, 0.25) is 21.8 Å². The van der Waals surface area contributed by atoms with E-state index in [0.717, 1.165) is 34.5 Å². The van der Waals surface area contributed by atoms with E-state index in [1.807, 2.05) is 24.3 Å². The number of amides is 2. The highest BCUT2D eigenvalue weighted by Crippen LogP contribution is 2.28. The predicted octanol–water partition coefficient (Wildman–Crippen LogP) is 4.10. The number of ether oxygens (including phenoxy) is 2. The zero-order valence-electron chi connectivity index (χ0n) is 24.7. The highest BCUT2D eigenvalue weighted by Gasteiger charge is 2.43. The quantitative estimate of drug-likeness (QED) is 0.416. The van der Waals surface area contributed by atoms with Crippen LogP contribution < -0.4 is 15.4 Å². The standard InChI is InChI=1S/C32H42FN3O6S/c1-32(31(38)34-25-16-19-41-20-17-25,22-23-12-14-27(15-13-23)42-26-8-2-3-9-26)35-30(37)29-11-4-5-18-36(29)43(39,40)28-10-6-7-24(33)21-28/h6-7,10,12-15,21,25-26,29H,2-5,8-9,11,16-20,22H2,1H3,(H,34,38)(H,35,37). The third-order valence-corrected chi connectivity index (χ3v) is 10.6. The maximum absolute atomic E-state index is 13.9. The molecule has 5 rings (SSSR count). The highest BCUT2D eigenvalue weighted by atomic mass is 32.2. The van der Waals surface area contributed by atoms with E-state index < -0.39 is 33.3 Å². The van der Waals surface area contributed by atoms with Crippen LogP contribution in [0.4, 0.5) is 4.39 Å². The summed E-state index contributed by atoms with van der Waals surface area (Å²) in [5.74, 6) is -0.788. The van der Waals surface area contributed by atoms with Gasteiger partial charge in [0.25, 0.3) is 0 Å². The SMILES string of the molecule is CC(Cc1ccc(OC2CCCC2)cc1)(NC(=O)C1CCCCN1S(=O)(=O)c1cccc(F)c1)C(=O)NC1CCOCC1. The van der Waals surface area contributed by atoms with Gasteiger partial charge in [-0.25, -0.2) is 12.8 Å². The number of halogens is 1. The van der Waals surface area contributed by atoms with Gasteiger partial charge in [-0.15, -0.1) is 0 Å². The Labute approximate surface area is 253 Å². The van der Waals surface area contributed by atoms with Crippen LogP contribution in [0.3, 0.4) is 0 Å². The van der Waals surface area contributed by atoms with Crippen molar-refractivity contribution in [2.75, 3.05) is 19.8 Å². The molecule has 0 bridgehead atoms. The summed E-state index contributed by atoms with van der Waals surface area (Å²) in [4.78, 5) is 27.5. The summed E-state index contributed by atoms with van der Waals surface area (Å²) in [5.41, 5.74) is -0.536. The van der Waals surface area contributed by atoms with Gasteiger partial charge in [0.15, 0.2) is 0 Å². The Morgan fingerprint density at radius 2 is 1.70 bits per heavy atom. The van der Waals surface area contributed by atoms with Crippen LogP contribution in [0, 0.1) is 5.82 Å². The van der Waals surface area contributed by atoms with Crippen molar-refractivity contribution in [3.63, 3.8) is 0 Å². The summed E-state index contributed by atoms with van der Waals surface area (Å²) < 4.78 is 53.7. The topological polar surface area (TPSA) is 114 Å². The highest BCUT2D eigenvalue weighted by molar-refractivity contribution is 7.89. The molecular formula is C32H42FN3O6S. The molecule has 2 aromatic carbocycles. The Morgan fingerprint density at radius 3 is 2.40 bits per heavy atom. The Morgan fingerprint density at radius 1 is 1.00 bits per heavy atom. The number of carbonyl (C=O) groups excluding carboxylic acids is 2. The molecule has 11 heteroatoms. The van der Waals surface area contributed by atoms with Gasteiger partial charge in [-0.1, -0.05) is 24.6 Å². The fourth-order valence-electron chi connectivity index (χ4n) is 6.23. The molecule has 1 saturated carbocycles. The average molecular weight is 616 g/mol. The third kappa shape index (κ3) is 7.74. The first-order valence-corrected chi connectivity index (χ1v) is 16.8. The molecule has 2 saturated heterocycles. The number of hydrogen-bond donors (Lipinski definition) is 2. The maximum Gasteiger partial charge on any atom is 0.246 e. The van der Waals surface area contributed by atoms with Gasteiger partial charge in [0.1, 0.15) is 23.1 Å². The summed E-state index contributed by atoms with van der Waals surface area (Å²) in [6.07, 6.45) is 7.73. The molecule has 43 heavy (non-hydrogen) atoms. The molecule has 0 radical (unpaired) electrons. The van der Waals surface area contributed by atoms with Crippen LogP contribution in [-0.4, -0.2) is 68.0 Å². The number of piperidine rings is 1. The van der Waals surface area contributed by atoms with Crippen molar-refractivity contribution in [2.24, 2.45) is 0 Å². The number of sulfonamides is 1. The lowest BCUT2D eigenvalue weighted by molar-refractivity contribution is -0.136. The fraction of sp³-hybridized carbons (Fsp3) is 0.562. The van der Waals surface area contributed by atoms with Crippen LogP contribution >= 0.6 is 0 Å². The van der Waals surface area contributed by atoms with Crippen LogP contribution in [0.2, 0.25) is 0 Å². The number of hydrogen-bond acceptors (Lipinski definition) is 6. The van der Waals surface area contributed by atoms with E-state index in [2.05, 4.69) is 10.6 Å². The summed E-state index contributed by atoms with van der Waals surface area (Å²) in [6, 6.07) is 11.3. The van der Waals surface area contributed by atoms with Crippen LogP contribution in [0.5, 0.6) is 5.75 Å². The zero-order chi connectivity index (χ0) is 30.5. The second kappa shape index (κ2) is 13.7. The Hall–Kier alpha value is -3.02. The molecule has 0 spiro atoms. The molecular weight excluding hydrogens is 573 g/mol. The van der Waals surface area contributed by atoms with Gasteiger partial charge < -0.3 is 20.1 Å². The summed E-state index contributed by atoms with van der Waals surface area (Å²) in [5, 5.41) is 6.03. The molecule has 2 atom stereocenters. The third-order valence-electron chi connectivity index (χ3n) is 8.70. The molecule has 2 unspecified atom stereocenters. The minimum absolute atomic E-state index is 0.0841. The van der Waals surface area contributed by atoms with Crippen LogP contribution in [0.15, 0.2) is 53.4 Å². The van der Waals surface area contributed by atoms with Gasteiger partial charge in [0.05, 0.1) is 11.0 Å². The molecule has 0 aromatic heterocycles. The summed E-state index contributed by atoms with van der Waals surface area (Å²) in [7, 11) is -4.15. The van der Waals surface area contributed by atoms with Crippen LogP contribution in [0.25, 0.3) is 0 Å². The van der Waals surface area contributed by atoms with Gasteiger partial charge in [0, 0.05) is 32.2 Å². The number of nitrogens with one attached hydrogen (secondary N) is 2. The molecule has 2 heterocycles. The van der Waals surface area contributed by atoms with Crippen LogP contribution in [0.1, 0.15) is 70.3 Å².